The molecule has 1 aromatic heterocycles. The van der Waals surface area contributed by atoms with Crippen molar-refractivity contribution in [1.29, 1.82) is 0 Å². The third-order valence-electron chi connectivity index (χ3n) is 3.60. The van der Waals surface area contributed by atoms with Crippen molar-refractivity contribution in [2.45, 2.75) is 13.8 Å². The number of aromatic nitrogens is 2. The first kappa shape index (κ1) is 14.9. The molecule has 0 aliphatic heterocycles. The minimum absolute atomic E-state index is 0.0184. The molecule has 2 aromatic carbocycles. The molecule has 1 heterocycles. The van der Waals surface area contributed by atoms with E-state index in [9.17, 15) is 14.6 Å². The maximum absolute atomic E-state index is 13.8. The van der Waals surface area contributed by atoms with E-state index < -0.39 is 5.82 Å². The number of halogens is 1. The number of nitrogens with zero attached hydrogens (tertiary/aromatic N) is 1. The van der Waals surface area contributed by atoms with Gasteiger partial charge >= 0.3 is 0 Å². The highest BCUT2D eigenvalue weighted by Crippen LogP contribution is 2.41. The molecule has 0 spiro atoms. The normalized spacial score (nSPS) is 10.7. The van der Waals surface area contributed by atoms with E-state index in [2.05, 4.69) is 10.2 Å². The Bertz CT molecular complexity index is 874. The topological polar surface area (TPSA) is 78.4 Å². The summed E-state index contributed by atoms with van der Waals surface area (Å²) in [5.74, 6) is -0.237. The number of ether oxygens (including phenoxy) is 1. The summed E-state index contributed by atoms with van der Waals surface area (Å²) in [4.78, 5) is 0. The quantitative estimate of drug-likeness (QED) is 0.682. The zero-order valence-corrected chi connectivity index (χ0v) is 12.6. The Morgan fingerprint density at radius 2 is 1.83 bits per heavy atom. The number of aryl methyl sites for hydroxylation is 1. The molecule has 0 bridgehead atoms. The predicted octanol–water partition coefficient (Wildman–Crippen LogP) is 4.04. The number of hydrogen-bond donors (Lipinski definition) is 3. The molecule has 0 unspecified atom stereocenters. The van der Waals surface area contributed by atoms with Crippen molar-refractivity contribution in [3.8, 4) is 34.3 Å². The Hall–Kier alpha value is -3.02. The van der Waals surface area contributed by atoms with Crippen molar-refractivity contribution >= 4 is 0 Å². The van der Waals surface area contributed by atoms with Gasteiger partial charge in [-0.1, -0.05) is 12.1 Å². The first-order valence-corrected chi connectivity index (χ1v) is 6.98. The number of phenolic OH excluding ortho intramolecular Hbond substituents is 2. The average Bonchev–Trinajstić information content (AvgIpc) is 2.89. The SMILES string of the molecule is Cc1[nH]nc(-c2ccc(O)c(C)c2O)c1Oc1ccccc1F. The second-order valence-corrected chi connectivity index (χ2v) is 5.16. The smallest absolute Gasteiger partial charge is 0.176 e. The van der Waals surface area contributed by atoms with Crippen LogP contribution in [-0.2, 0) is 0 Å². The summed E-state index contributed by atoms with van der Waals surface area (Å²) in [5, 5.41) is 26.8. The van der Waals surface area contributed by atoms with Gasteiger partial charge in [0, 0.05) is 11.1 Å². The van der Waals surface area contributed by atoms with Crippen molar-refractivity contribution < 1.29 is 19.3 Å². The molecule has 3 N–H and O–H groups in total. The van der Waals surface area contributed by atoms with Gasteiger partial charge in [0.1, 0.15) is 17.2 Å². The zero-order chi connectivity index (χ0) is 16.6. The van der Waals surface area contributed by atoms with Gasteiger partial charge in [-0.2, -0.15) is 5.10 Å². The van der Waals surface area contributed by atoms with Crippen LogP contribution in [-0.4, -0.2) is 20.4 Å². The van der Waals surface area contributed by atoms with Crippen LogP contribution in [0.3, 0.4) is 0 Å². The highest BCUT2D eigenvalue weighted by atomic mass is 19.1. The van der Waals surface area contributed by atoms with Gasteiger partial charge in [0.15, 0.2) is 17.3 Å². The van der Waals surface area contributed by atoms with Gasteiger partial charge in [-0.3, -0.25) is 5.10 Å². The van der Waals surface area contributed by atoms with Crippen LogP contribution in [0.5, 0.6) is 23.0 Å². The van der Waals surface area contributed by atoms with Crippen molar-refractivity contribution in [3.05, 3.63) is 53.5 Å². The summed E-state index contributed by atoms with van der Waals surface area (Å²) in [6, 6.07) is 9.03. The van der Waals surface area contributed by atoms with E-state index in [0.29, 0.717) is 28.3 Å². The first-order chi connectivity index (χ1) is 11.0. The van der Waals surface area contributed by atoms with E-state index in [0.717, 1.165) is 0 Å². The number of hydrogen-bond acceptors (Lipinski definition) is 4. The molecule has 6 heteroatoms. The van der Waals surface area contributed by atoms with Gasteiger partial charge in [0.25, 0.3) is 0 Å². The Morgan fingerprint density at radius 1 is 1.09 bits per heavy atom. The summed E-state index contributed by atoms with van der Waals surface area (Å²) in [6.07, 6.45) is 0. The van der Waals surface area contributed by atoms with Crippen molar-refractivity contribution in [2.24, 2.45) is 0 Å². The minimum Gasteiger partial charge on any atom is -0.508 e. The number of phenols is 2. The van der Waals surface area contributed by atoms with Gasteiger partial charge in [-0.05, 0) is 38.1 Å². The van der Waals surface area contributed by atoms with Crippen LogP contribution in [0, 0.1) is 19.7 Å². The highest BCUT2D eigenvalue weighted by Gasteiger charge is 2.20. The lowest BCUT2D eigenvalue weighted by Gasteiger charge is -2.10. The van der Waals surface area contributed by atoms with Crippen LogP contribution in [0.25, 0.3) is 11.3 Å². The van der Waals surface area contributed by atoms with Gasteiger partial charge < -0.3 is 14.9 Å². The number of H-pyrrole nitrogens is 1. The van der Waals surface area contributed by atoms with E-state index in [4.69, 9.17) is 4.74 Å². The third kappa shape index (κ3) is 2.59. The van der Waals surface area contributed by atoms with Crippen LogP contribution >= 0.6 is 0 Å². The van der Waals surface area contributed by atoms with Gasteiger partial charge in [0.05, 0.1) is 5.69 Å². The van der Waals surface area contributed by atoms with Crippen LogP contribution < -0.4 is 4.74 Å². The molecule has 23 heavy (non-hydrogen) atoms. The van der Waals surface area contributed by atoms with Crippen LogP contribution in [0.1, 0.15) is 11.3 Å². The molecule has 0 amide bonds. The molecule has 3 rings (SSSR count). The summed E-state index contributed by atoms with van der Waals surface area (Å²) < 4.78 is 19.5. The van der Waals surface area contributed by atoms with Crippen molar-refractivity contribution in [1.82, 2.24) is 10.2 Å². The molecule has 0 atom stereocenters. The molecular weight excluding hydrogens is 299 g/mol. The molecule has 0 fully saturated rings. The monoisotopic (exact) mass is 314 g/mol. The number of nitrogens with one attached hydrogen (secondary N) is 1. The van der Waals surface area contributed by atoms with Crippen molar-refractivity contribution in [3.63, 3.8) is 0 Å². The Labute approximate surface area is 132 Å². The summed E-state index contributed by atoms with van der Waals surface area (Å²) in [6.45, 7) is 3.32. The highest BCUT2D eigenvalue weighted by molar-refractivity contribution is 5.76. The lowest BCUT2D eigenvalue weighted by Crippen LogP contribution is -1.91. The Balaban J connectivity index is 2.10. The summed E-state index contributed by atoms with van der Waals surface area (Å²) >= 11 is 0. The predicted molar refractivity (Wildman–Crippen MR) is 83.3 cm³/mol. The number of rotatable bonds is 3. The van der Waals surface area contributed by atoms with Gasteiger partial charge in [-0.15, -0.1) is 0 Å². The summed E-state index contributed by atoms with van der Waals surface area (Å²) in [5.41, 5.74) is 1.65. The fourth-order valence-corrected chi connectivity index (χ4v) is 2.24. The molecule has 0 saturated carbocycles. The third-order valence-corrected chi connectivity index (χ3v) is 3.60. The number of benzene rings is 2. The van der Waals surface area contributed by atoms with E-state index in [1.54, 1.807) is 26.0 Å². The lowest BCUT2D eigenvalue weighted by molar-refractivity contribution is 0.437. The molecule has 0 aliphatic carbocycles. The second-order valence-electron chi connectivity index (χ2n) is 5.16. The van der Waals surface area contributed by atoms with Gasteiger partial charge in [0.2, 0.25) is 0 Å². The average molecular weight is 314 g/mol. The van der Waals surface area contributed by atoms with Crippen molar-refractivity contribution in [2.75, 3.05) is 0 Å². The van der Waals surface area contributed by atoms with Crippen LogP contribution in [0.15, 0.2) is 36.4 Å². The number of aromatic hydroxyl groups is 2. The molecule has 0 saturated heterocycles. The lowest BCUT2D eigenvalue weighted by atomic mass is 10.1. The molecule has 0 radical (unpaired) electrons. The molecule has 3 aromatic rings. The molecule has 118 valence electrons. The summed E-state index contributed by atoms with van der Waals surface area (Å²) in [7, 11) is 0. The van der Waals surface area contributed by atoms with E-state index in [1.165, 1.54) is 24.3 Å². The maximum Gasteiger partial charge on any atom is 0.176 e. The second kappa shape index (κ2) is 5.64. The first-order valence-electron chi connectivity index (χ1n) is 6.98. The van der Waals surface area contributed by atoms with Crippen LogP contribution in [0.4, 0.5) is 4.39 Å². The van der Waals surface area contributed by atoms with E-state index in [-0.39, 0.29) is 17.2 Å². The fraction of sp³-hybridized carbons (Fsp3) is 0.118. The number of para-hydroxylation sites is 1. The molecule has 0 aliphatic rings. The number of aromatic amines is 1. The fourth-order valence-electron chi connectivity index (χ4n) is 2.24. The zero-order valence-electron chi connectivity index (χ0n) is 12.6. The maximum atomic E-state index is 13.8. The van der Waals surface area contributed by atoms with E-state index >= 15 is 0 Å². The molecule has 5 nitrogen and oxygen atoms in total. The Morgan fingerprint density at radius 3 is 2.57 bits per heavy atom. The van der Waals surface area contributed by atoms with Gasteiger partial charge in [-0.25, -0.2) is 4.39 Å². The van der Waals surface area contributed by atoms with E-state index in [1.807, 2.05) is 0 Å². The largest absolute Gasteiger partial charge is 0.508 e. The minimum atomic E-state index is -0.495. The Kier molecular flexibility index (Phi) is 3.65. The van der Waals surface area contributed by atoms with Crippen LogP contribution in [0.2, 0.25) is 0 Å². The standard InChI is InChI=1S/C17H15FN2O3/c1-9-13(21)8-7-11(16(9)22)15-17(10(2)19-20-15)23-14-6-4-3-5-12(14)18/h3-8,21-22H,1-2H3,(H,19,20). The molecular formula is C17H15FN2O3.